The van der Waals surface area contributed by atoms with Crippen LogP contribution in [0.5, 0.6) is 6.01 Å². The molecule has 0 saturated heterocycles. The molecular weight excluding hydrogens is 296 g/mol. The third-order valence-electron chi connectivity index (χ3n) is 2.41. The van der Waals surface area contributed by atoms with Crippen LogP contribution in [0.15, 0.2) is 28.7 Å². The highest BCUT2D eigenvalue weighted by Gasteiger charge is 2.10. The maximum atomic E-state index is 5.04. The van der Waals surface area contributed by atoms with E-state index >= 15 is 0 Å². The molecule has 0 aliphatic heterocycles. The summed E-state index contributed by atoms with van der Waals surface area (Å²) in [5.41, 5.74) is 0.992. The molecule has 0 radical (unpaired) electrons. The van der Waals surface area contributed by atoms with Crippen LogP contribution in [0.4, 0.5) is 11.6 Å². The first-order valence-corrected chi connectivity index (χ1v) is 6.15. The lowest BCUT2D eigenvalue weighted by Crippen LogP contribution is -2.14. The van der Waals surface area contributed by atoms with Crippen molar-refractivity contribution in [1.29, 1.82) is 0 Å². The zero-order valence-corrected chi connectivity index (χ0v) is 12.0. The largest absolute Gasteiger partial charge is 0.467 e. The van der Waals surface area contributed by atoms with Gasteiger partial charge in [-0.15, -0.1) is 0 Å². The van der Waals surface area contributed by atoms with Gasteiger partial charge < -0.3 is 9.64 Å². The Bertz CT molecular complexity index is 544. The Labute approximate surface area is 114 Å². The van der Waals surface area contributed by atoms with Crippen molar-refractivity contribution in [3.05, 3.63) is 34.6 Å². The molecule has 94 valence electrons. The zero-order chi connectivity index (χ0) is 13.1. The van der Waals surface area contributed by atoms with Gasteiger partial charge in [0.15, 0.2) is 0 Å². The zero-order valence-electron chi connectivity index (χ0n) is 10.4. The van der Waals surface area contributed by atoms with Crippen LogP contribution in [0.1, 0.15) is 5.82 Å². The Morgan fingerprint density at radius 1 is 1.11 bits per heavy atom. The molecule has 0 unspecified atom stereocenters. The summed E-state index contributed by atoms with van der Waals surface area (Å²) < 4.78 is 6.08. The second kappa shape index (κ2) is 5.30. The van der Waals surface area contributed by atoms with Crippen LogP contribution >= 0.6 is 15.9 Å². The van der Waals surface area contributed by atoms with Crippen molar-refractivity contribution in [2.75, 3.05) is 19.1 Å². The molecule has 1 heterocycles. The van der Waals surface area contributed by atoms with E-state index in [4.69, 9.17) is 4.74 Å². The van der Waals surface area contributed by atoms with Crippen molar-refractivity contribution >= 4 is 27.6 Å². The van der Waals surface area contributed by atoms with Crippen molar-refractivity contribution in [3.8, 4) is 6.01 Å². The minimum absolute atomic E-state index is 0.321. The summed E-state index contributed by atoms with van der Waals surface area (Å²) >= 11 is 3.41. The van der Waals surface area contributed by atoms with Gasteiger partial charge in [0.1, 0.15) is 5.82 Å². The van der Waals surface area contributed by atoms with Gasteiger partial charge in [-0.2, -0.15) is 15.0 Å². The first-order valence-electron chi connectivity index (χ1n) is 5.36. The Hall–Kier alpha value is -1.69. The van der Waals surface area contributed by atoms with Gasteiger partial charge in [0, 0.05) is 17.2 Å². The molecule has 18 heavy (non-hydrogen) atoms. The molecule has 6 heteroatoms. The summed E-state index contributed by atoms with van der Waals surface area (Å²) in [6, 6.07) is 8.22. The molecule has 0 N–H and O–H groups in total. The quantitative estimate of drug-likeness (QED) is 0.872. The molecule has 1 aromatic heterocycles. The second-order valence-corrected chi connectivity index (χ2v) is 4.62. The summed E-state index contributed by atoms with van der Waals surface area (Å²) in [6.45, 7) is 1.81. The number of hydrogen-bond donors (Lipinski definition) is 0. The van der Waals surface area contributed by atoms with E-state index in [1.54, 1.807) is 0 Å². The molecule has 0 aliphatic carbocycles. The molecule has 0 spiro atoms. The maximum absolute atomic E-state index is 5.04. The number of methoxy groups -OCH3 is 1. The minimum Gasteiger partial charge on any atom is -0.467 e. The number of ether oxygens (including phenoxy) is 1. The lowest BCUT2D eigenvalue weighted by molar-refractivity contribution is 0.377. The molecule has 0 saturated carbocycles. The van der Waals surface area contributed by atoms with Crippen molar-refractivity contribution in [3.63, 3.8) is 0 Å². The van der Waals surface area contributed by atoms with Crippen LogP contribution in [0, 0.1) is 6.92 Å². The van der Waals surface area contributed by atoms with Crippen molar-refractivity contribution < 1.29 is 4.74 Å². The molecule has 2 rings (SSSR count). The van der Waals surface area contributed by atoms with Crippen LogP contribution in [0.3, 0.4) is 0 Å². The van der Waals surface area contributed by atoms with E-state index in [1.807, 2.05) is 43.1 Å². The van der Waals surface area contributed by atoms with Gasteiger partial charge in [0.25, 0.3) is 0 Å². The summed E-state index contributed by atoms with van der Waals surface area (Å²) in [5, 5.41) is 0. The molecule has 2 aromatic rings. The lowest BCUT2D eigenvalue weighted by atomic mass is 10.3. The van der Waals surface area contributed by atoms with Gasteiger partial charge in [-0.05, 0) is 31.2 Å². The summed E-state index contributed by atoms with van der Waals surface area (Å²) in [7, 11) is 3.44. The average Bonchev–Trinajstić information content (AvgIpc) is 2.38. The van der Waals surface area contributed by atoms with Gasteiger partial charge in [-0.25, -0.2) is 0 Å². The number of hydrogen-bond acceptors (Lipinski definition) is 5. The molecule has 0 aliphatic rings. The van der Waals surface area contributed by atoms with Gasteiger partial charge in [0.05, 0.1) is 7.11 Å². The average molecular weight is 309 g/mol. The predicted molar refractivity (Wildman–Crippen MR) is 73.3 cm³/mol. The number of halogens is 1. The van der Waals surface area contributed by atoms with E-state index in [0.29, 0.717) is 17.8 Å². The monoisotopic (exact) mass is 308 g/mol. The van der Waals surface area contributed by atoms with E-state index in [0.717, 1.165) is 10.2 Å². The van der Waals surface area contributed by atoms with E-state index in [-0.39, 0.29) is 0 Å². The van der Waals surface area contributed by atoms with Crippen LogP contribution in [0.25, 0.3) is 0 Å². The Morgan fingerprint density at radius 2 is 1.78 bits per heavy atom. The number of aryl methyl sites for hydroxylation is 1. The first kappa shape index (κ1) is 12.8. The molecular formula is C12H13BrN4O. The highest BCUT2D eigenvalue weighted by atomic mass is 79.9. The van der Waals surface area contributed by atoms with E-state index in [2.05, 4.69) is 30.9 Å². The topological polar surface area (TPSA) is 51.1 Å². The smallest absolute Gasteiger partial charge is 0.321 e. The fraction of sp³-hybridized carbons (Fsp3) is 0.250. The van der Waals surface area contributed by atoms with Crippen LogP contribution in [-0.4, -0.2) is 29.1 Å². The molecule has 0 amide bonds. The highest BCUT2D eigenvalue weighted by molar-refractivity contribution is 9.10. The number of aromatic nitrogens is 3. The van der Waals surface area contributed by atoms with E-state index in [1.165, 1.54) is 7.11 Å². The lowest BCUT2D eigenvalue weighted by Gasteiger charge is -2.17. The Morgan fingerprint density at radius 3 is 2.39 bits per heavy atom. The van der Waals surface area contributed by atoms with Crippen molar-refractivity contribution in [2.24, 2.45) is 0 Å². The van der Waals surface area contributed by atoms with Gasteiger partial charge >= 0.3 is 6.01 Å². The number of benzene rings is 1. The highest BCUT2D eigenvalue weighted by Crippen LogP contribution is 2.23. The molecule has 1 aromatic carbocycles. The van der Waals surface area contributed by atoms with E-state index < -0.39 is 0 Å². The molecule has 0 bridgehead atoms. The Balaban J connectivity index is 2.35. The summed E-state index contributed by atoms with van der Waals surface area (Å²) in [6.07, 6.45) is 0. The normalized spacial score (nSPS) is 10.2. The van der Waals surface area contributed by atoms with Crippen LogP contribution in [0.2, 0.25) is 0 Å². The number of nitrogens with zero attached hydrogens (tertiary/aromatic N) is 4. The summed E-state index contributed by atoms with van der Waals surface area (Å²) in [5.74, 6) is 1.18. The SMILES string of the molecule is COc1nc(C)nc(N(C)c2ccc(Br)cc2)n1. The van der Waals surface area contributed by atoms with Gasteiger partial charge in [-0.3, -0.25) is 0 Å². The molecule has 0 fully saturated rings. The standard InChI is InChI=1S/C12H13BrN4O/c1-8-14-11(16-12(15-8)18-3)17(2)10-6-4-9(13)5-7-10/h4-7H,1-3H3. The third-order valence-corrected chi connectivity index (χ3v) is 2.94. The number of anilines is 2. The number of rotatable bonds is 3. The second-order valence-electron chi connectivity index (χ2n) is 3.70. The van der Waals surface area contributed by atoms with Gasteiger partial charge in [-0.1, -0.05) is 15.9 Å². The van der Waals surface area contributed by atoms with Crippen molar-refractivity contribution in [2.45, 2.75) is 6.92 Å². The van der Waals surface area contributed by atoms with Crippen LogP contribution < -0.4 is 9.64 Å². The Kier molecular flexibility index (Phi) is 3.76. The minimum atomic E-state index is 0.321. The molecule has 0 atom stereocenters. The van der Waals surface area contributed by atoms with Crippen molar-refractivity contribution in [1.82, 2.24) is 15.0 Å². The molecule has 5 nitrogen and oxygen atoms in total. The van der Waals surface area contributed by atoms with Gasteiger partial charge in [0.2, 0.25) is 5.95 Å². The van der Waals surface area contributed by atoms with E-state index in [9.17, 15) is 0 Å². The fourth-order valence-electron chi connectivity index (χ4n) is 1.47. The van der Waals surface area contributed by atoms with Crippen LogP contribution in [-0.2, 0) is 0 Å². The summed E-state index contributed by atoms with van der Waals surface area (Å²) in [4.78, 5) is 14.5. The third kappa shape index (κ3) is 2.76. The predicted octanol–water partition coefficient (Wildman–Crippen LogP) is 2.72. The fourth-order valence-corrected chi connectivity index (χ4v) is 1.73. The maximum Gasteiger partial charge on any atom is 0.321 e. The first-order chi connectivity index (χ1) is 8.60.